The van der Waals surface area contributed by atoms with Crippen LogP contribution < -0.4 is 5.73 Å². The second-order valence-corrected chi connectivity index (χ2v) is 3.74. The molecule has 2 rings (SSSR count). The maximum absolute atomic E-state index is 11.2. The van der Waals surface area contributed by atoms with Gasteiger partial charge in [0.2, 0.25) is 5.91 Å². The second kappa shape index (κ2) is 4.66. The Balaban J connectivity index is 2.53. The standard InChI is InChI=1S/C15H13NO/c1-2-11-10-13(8-9-14(11)15(16)17)12-6-4-3-5-7-12/h2-10H,1H2,(H2,16,17). The number of hydrogen-bond donors (Lipinski definition) is 1. The number of primary amides is 1. The molecule has 84 valence electrons. The lowest BCUT2D eigenvalue weighted by Gasteiger charge is -2.06. The molecule has 2 N–H and O–H groups in total. The van der Waals surface area contributed by atoms with E-state index in [4.69, 9.17) is 5.73 Å². The van der Waals surface area contributed by atoms with Crippen molar-refractivity contribution in [3.8, 4) is 11.1 Å². The highest BCUT2D eigenvalue weighted by Gasteiger charge is 2.07. The zero-order valence-electron chi connectivity index (χ0n) is 9.39. The Hall–Kier alpha value is -2.35. The normalized spacial score (nSPS) is 9.88. The minimum Gasteiger partial charge on any atom is -0.366 e. The summed E-state index contributed by atoms with van der Waals surface area (Å²) in [6, 6.07) is 15.5. The van der Waals surface area contributed by atoms with Crippen molar-refractivity contribution in [2.24, 2.45) is 5.73 Å². The molecule has 2 aromatic carbocycles. The predicted octanol–water partition coefficient (Wildman–Crippen LogP) is 3.10. The Kier molecular flexibility index (Phi) is 3.06. The van der Waals surface area contributed by atoms with Gasteiger partial charge in [-0.15, -0.1) is 0 Å². The molecule has 0 aliphatic heterocycles. The number of rotatable bonds is 3. The van der Waals surface area contributed by atoms with Gasteiger partial charge in [0, 0.05) is 5.56 Å². The van der Waals surface area contributed by atoms with Crippen molar-refractivity contribution in [1.82, 2.24) is 0 Å². The van der Waals surface area contributed by atoms with Crippen molar-refractivity contribution in [2.45, 2.75) is 0 Å². The van der Waals surface area contributed by atoms with Gasteiger partial charge in [0.15, 0.2) is 0 Å². The largest absolute Gasteiger partial charge is 0.366 e. The highest BCUT2D eigenvalue weighted by atomic mass is 16.1. The minimum absolute atomic E-state index is 0.431. The molecule has 0 spiro atoms. The van der Waals surface area contributed by atoms with Crippen molar-refractivity contribution < 1.29 is 4.79 Å². The van der Waals surface area contributed by atoms with Crippen molar-refractivity contribution >= 4 is 12.0 Å². The molecule has 0 heterocycles. The first-order chi connectivity index (χ1) is 8.22. The molecule has 0 bridgehead atoms. The van der Waals surface area contributed by atoms with Crippen LogP contribution in [-0.4, -0.2) is 5.91 Å². The average molecular weight is 223 g/mol. The van der Waals surface area contributed by atoms with Crippen LogP contribution in [0, 0.1) is 0 Å². The zero-order chi connectivity index (χ0) is 12.3. The fraction of sp³-hybridized carbons (Fsp3) is 0. The molecule has 2 heteroatoms. The summed E-state index contributed by atoms with van der Waals surface area (Å²) in [5.41, 5.74) is 8.70. The summed E-state index contributed by atoms with van der Waals surface area (Å²) in [4.78, 5) is 11.2. The van der Waals surface area contributed by atoms with Crippen LogP contribution in [-0.2, 0) is 0 Å². The fourth-order valence-electron chi connectivity index (χ4n) is 1.77. The van der Waals surface area contributed by atoms with Crippen LogP contribution in [0.2, 0.25) is 0 Å². The van der Waals surface area contributed by atoms with E-state index in [-0.39, 0.29) is 0 Å². The van der Waals surface area contributed by atoms with E-state index >= 15 is 0 Å². The summed E-state index contributed by atoms with van der Waals surface area (Å²) >= 11 is 0. The molecular weight excluding hydrogens is 210 g/mol. The van der Waals surface area contributed by atoms with Gasteiger partial charge < -0.3 is 5.73 Å². The second-order valence-electron chi connectivity index (χ2n) is 3.74. The maximum Gasteiger partial charge on any atom is 0.249 e. The van der Waals surface area contributed by atoms with Gasteiger partial charge in [0.25, 0.3) is 0 Å². The van der Waals surface area contributed by atoms with Gasteiger partial charge in [-0.3, -0.25) is 4.79 Å². The molecule has 0 unspecified atom stereocenters. The van der Waals surface area contributed by atoms with Crippen molar-refractivity contribution in [1.29, 1.82) is 0 Å². The monoisotopic (exact) mass is 223 g/mol. The van der Waals surface area contributed by atoms with E-state index in [1.54, 1.807) is 12.1 Å². The molecule has 17 heavy (non-hydrogen) atoms. The molecule has 2 aromatic rings. The molecule has 0 saturated carbocycles. The van der Waals surface area contributed by atoms with Gasteiger partial charge in [-0.1, -0.05) is 49.1 Å². The smallest absolute Gasteiger partial charge is 0.249 e. The summed E-state index contributed by atoms with van der Waals surface area (Å²) in [6.07, 6.45) is 1.65. The first kappa shape index (κ1) is 11.1. The van der Waals surface area contributed by atoms with E-state index in [0.29, 0.717) is 5.56 Å². The van der Waals surface area contributed by atoms with Gasteiger partial charge in [-0.25, -0.2) is 0 Å². The number of carbonyl (C=O) groups excluding carboxylic acids is 1. The maximum atomic E-state index is 11.2. The lowest BCUT2D eigenvalue weighted by atomic mass is 9.99. The SMILES string of the molecule is C=Cc1cc(-c2ccccc2)ccc1C(N)=O. The minimum atomic E-state index is -0.431. The molecule has 0 saturated heterocycles. The van der Waals surface area contributed by atoms with E-state index in [2.05, 4.69) is 6.58 Å². The third kappa shape index (κ3) is 2.26. The van der Waals surface area contributed by atoms with E-state index in [9.17, 15) is 4.79 Å². The van der Waals surface area contributed by atoms with Crippen molar-refractivity contribution in [2.75, 3.05) is 0 Å². The van der Waals surface area contributed by atoms with Crippen LogP contribution in [0.15, 0.2) is 55.1 Å². The number of carbonyl (C=O) groups is 1. The van der Waals surface area contributed by atoms with Gasteiger partial charge in [-0.05, 0) is 28.8 Å². The van der Waals surface area contributed by atoms with E-state index in [1.807, 2.05) is 42.5 Å². The summed E-state index contributed by atoms with van der Waals surface area (Å²) in [6.45, 7) is 3.70. The van der Waals surface area contributed by atoms with E-state index in [0.717, 1.165) is 16.7 Å². The zero-order valence-corrected chi connectivity index (χ0v) is 9.39. The van der Waals surface area contributed by atoms with Crippen LogP contribution in [0.3, 0.4) is 0 Å². The number of hydrogen-bond acceptors (Lipinski definition) is 1. The highest BCUT2D eigenvalue weighted by molar-refractivity contribution is 5.97. The Bertz CT molecular complexity index is 558. The molecule has 0 aliphatic rings. The van der Waals surface area contributed by atoms with Crippen molar-refractivity contribution in [3.63, 3.8) is 0 Å². The molecule has 0 aliphatic carbocycles. The van der Waals surface area contributed by atoms with Crippen LogP contribution >= 0.6 is 0 Å². The molecule has 1 amide bonds. The highest BCUT2D eigenvalue weighted by Crippen LogP contribution is 2.22. The number of benzene rings is 2. The Morgan fingerprint density at radius 3 is 2.35 bits per heavy atom. The lowest BCUT2D eigenvalue weighted by Crippen LogP contribution is -2.12. The third-order valence-electron chi connectivity index (χ3n) is 2.64. The average Bonchev–Trinajstić information content (AvgIpc) is 2.39. The summed E-state index contributed by atoms with van der Waals surface area (Å²) in [7, 11) is 0. The fourth-order valence-corrected chi connectivity index (χ4v) is 1.77. The lowest BCUT2D eigenvalue weighted by molar-refractivity contribution is 0.1000. The van der Waals surface area contributed by atoms with Crippen LogP contribution in [0.25, 0.3) is 17.2 Å². The van der Waals surface area contributed by atoms with E-state index < -0.39 is 5.91 Å². The Labute approximate surface area is 100 Å². The molecule has 0 aromatic heterocycles. The van der Waals surface area contributed by atoms with Gasteiger partial charge in [0.1, 0.15) is 0 Å². The molecule has 0 atom stereocenters. The van der Waals surface area contributed by atoms with Crippen LogP contribution in [0.5, 0.6) is 0 Å². The number of nitrogens with two attached hydrogens (primary N) is 1. The first-order valence-electron chi connectivity index (χ1n) is 5.34. The van der Waals surface area contributed by atoms with Crippen molar-refractivity contribution in [3.05, 3.63) is 66.2 Å². The van der Waals surface area contributed by atoms with Crippen LogP contribution in [0.4, 0.5) is 0 Å². The molecule has 2 nitrogen and oxygen atoms in total. The summed E-state index contributed by atoms with van der Waals surface area (Å²) in [5, 5.41) is 0. The van der Waals surface area contributed by atoms with Gasteiger partial charge >= 0.3 is 0 Å². The first-order valence-corrected chi connectivity index (χ1v) is 5.34. The molecule has 0 fully saturated rings. The Morgan fingerprint density at radius 2 is 1.76 bits per heavy atom. The molecule has 0 radical (unpaired) electrons. The summed E-state index contributed by atoms with van der Waals surface area (Å²) < 4.78 is 0. The summed E-state index contributed by atoms with van der Waals surface area (Å²) in [5.74, 6) is -0.431. The topological polar surface area (TPSA) is 43.1 Å². The molecular formula is C15H13NO. The predicted molar refractivity (Wildman–Crippen MR) is 70.5 cm³/mol. The van der Waals surface area contributed by atoms with E-state index in [1.165, 1.54) is 0 Å². The third-order valence-corrected chi connectivity index (χ3v) is 2.64. The quantitative estimate of drug-likeness (QED) is 0.853. The number of amides is 1. The van der Waals surface area contributed by atoms with Gasteiger partial charge in [0.05, 0.1) is 0 Å². The van der Waals surface area contributed by atoms with Crippen LogP contribution in [0.1, 0.15) is 15.9 Å². The Morgan fingerprint density at radius 1 is 1.06 bits per heavy atom. The van der Waals surface area contributed by atoms with Gasteiger partial charge in [-0.2, -0.15) is 0 Å².